The minimum Gasteiger partial charge on any atom is -0.325 e. The summed E-state index contributed by atoms with van der Waals surface area (Å²) >= 11 is 6.06. The molecule has 0 radical (unpaired) electrons. The Morgan fingerprint density at radius 1 is 1.22 bits per heavy atom. The Balaban J connectivity index is 1.63. The van der Waals surface area contributed by atoms with Crippen molar-refractivity contribution >= 4 is 23.2 Å². The molecule has 0 aliphatic carbocycles. The molecule has 2 aromatic rings. The minimum atomic E-state index is -0.370. The number of nitrogens with one attached hydrogen (secondary N) is 3. The van der Waals surface area contributed by atoms with E-state index in [1.165, 1.54) is 12.1 Å². The van der Waals surface area contributed by atoms with Gasteiger partial charge in [0.2, 0.25) is 5.91 Å². The lowest BCUT2D eigenvalue weighted by molar-refractivity contribution is -0.117. The van der Waals surface area contributed by atoms with Gasteiger partial charge in [0.15, 0.2) is 0 Å². The first-order valence-electron chi connectivity index (χ1n) is 7.36. The molecule has 2 atom stereocenters. The quantitative estimate of drug-likeness (QED) is 0.807. The molecule has 2 aromatic carbocycles. The largest absolute Gasteiger partial charge is 0.325 e. The zero-order valence-corrected chi connectivity index (χ0v) is 13.3. The summed E-state index contributed by atoms with van der Waals surface area (Å²) < 4.78 is 13.0. The number of amides is 1. The number of benzene rings is 2. The number of carbonyl (C=O) groups is 1. The predicted molar refractivity (Wildman–Crippen MR) is 88.6 cm³/mol. The SMILES string of the molecule is Cc1ccc(NC(=O)C2CC(c3ccc(F)cc3)NN2)cc1Cl. The molecule has 120 valence electrons. The Kier molecular flexibility index (Phi) is 4.61. The van der Waals surface area contributed by atoms with Gasteiger partial charge in [-0.25, -0.2) is 15.2 Å². The molecule has 1 aliphatic rings. The number of carbonyl (C=O) groups excluding carboxylic acids is 1. The summed E-state index contributed by atoms with van der Waals surface area (Å²) in [6, 6.07) is 11.3. The van der Waals surface area contributed by atoms with Crippen molar-refractivity contribution < 1.29 is 9.18 Å². The first-order valence-corrected chi connectivity index (χ1v) is 7.74. The molecule has 6 heteroatoms. The lowest BCUT2D eigenvalue weighted by Crippen LogP contribution is -2.39. The van der Waals surface area contributed by atoms with Crippen LogP contribution in [0.5, 0.6) is 0 Å². The molecule has 0 spiro atoms. The lowest BCUT2D eigenvalue weighted by Gasteiger charge is -2.11. The van der Waals surface area contributed by atoms with Crippen LogP contribution in [0, 0.1) is 12.7 Å². The van der Waals surface area contributed by atoms with Crippen LogP contribution >= 0.6 is 11.6 Å². The maximum absolute atomic E-state index is 13.0. The van der Waals surface area contributed by atoms with Crippen molar-refractivity contribution in [1.82, 2.24) is 10.9 Å². The van der Waals surface area contributed by atoms with E-state index in [-0.39, 0.29) is 23.8 Å². The van der Waals surface area contributed by atoms with E-state index in [1.54, 1.807) is 18.2 Å². The van der Waals surface area contributed by atoms with Crippen molar-refractivity contribution in [2.75, 3.05) is 5.32 Å². The Labute approximate surface area is 139 Å². The van der Waals surface area contributed by atoms with Gasteiger partial charge in [0.25, 0.3) is 0 Å². The fourth-order valence-corrected chi connectivity index (χ4v) is 2.72. The molecule has 0 bridgehead atoms. The molecule has 3 rings (SSSR count). The molecular formula is C17H17ClFN3O. The normalized spacial score (nSPS) is 20.5. The average Bonchev–Trinajstić information content (AvgIpc) is 3.02. The Hall–Kier alpha value is -1.95. The van der Waals surface area contributed by atoms with Crippen LogP contribution in [-0.2, 0) is 4.79 Å². The number of aryl methyl sites for hydroxylation is 1. The Morgan fingerprint density at radius 2 is 1.96 bits per heavy atom. The topological polar surface area (TPSA) is 53.2 Å². The molecule has 1 fully saturated rings. The van der Waals surface area contributed by atoms with E-state index in [0.717, 1.165) is 11.1 Å². The van der Waals surface area contributed by atoms with Gasteiger partial charge in [-0.1, -0.05) is 29.8 Å². The first-order chi connectivity index (χ1) is 11.0. The maximum atomic E-state index is 13.0. The van der Waals surface area contributed by atoms with E-state index in [1.807, 2.05) is 19.1 Å². The van der Waals surface area contributed by atoms with Crippen LogP contribution in [0.15, 0.2) is 42.5 Å². The van der Waals surface area contributed by atoms with Gasteiger partial charge in [-0.2, -0.15) is 0 Å². The zero-order valence-electron chi connectivity index (χ0n) is 12.6. The number of anilines is 1. The first kappa shape index (κ1) is 15.9. The van der Waals surface area contributed by atoms with Gasteiger partial charge in [-0.15, -0.1) is 0 Å². The third kappa shape index (κ3) is 3.69. The third-order valence-corrected chi connectivity index (χ3v) is 4.34. The molecule has 0 aromatic heterocycles. The summed E-state index contributed by atoms with van der Waals surface area (Å²) in [5, 5.41) is 3.46. The average molecular weight is 334 g/mol. The van der Waals surface area contributed by atoms with Gasteiger partial charge in [0, 0.05) is 16.8 Å². The number of hydrogen-bond donors (Lipinski definition) is 3. The number of rotatable bonds is 3. The van der Waals surface area contributed by atoms with Crippen LogP contribution in [0.3, 0.4) is 0 Å². The molecule has 4 nitrogen and oxygen atoms in total. The maximum Gasteiger partial charge on any atom is 0.242 e. The van der Waals surface area contributed by atoms with Crippen molar-refractivity contribution in [3.63, 3.8) is 0 Å². The summed E-state index contributed by atoms with van der Waals surface area (Å²) in [4.78, 5) is 12.3. The van der Waals surface area contributed by atoms with Gasteiger partial charge in [0.1, 0.15) is 11.9 Å². The summed E-state index contributed by atoms with van der Waals surface area (Å²) in [5.41, 5.74) is 8.61. The highest BCUT2D eigenvalue weighted by Crippen LogP contribution is 2.24. The van der Waals surface area contributed by atoms with Gasteiger partial charge in [-0.05, 0) is 48.7 Å². The predicted octanol–water partition coefficient (Wildman–Crippen LogP) is 3.33. The van der Waals surface area contributed by atoms with E-state index < -0.39 is 0 Å². The van der Waals surface area contributed by atoms with Crippen LogP contribution in [0.2, 0.25) is 5.02 Å². The van der Waals surface area contributed by atoms with E-state index in [9.17, 15) is 9.18 Å². The standard InChI is InChI=1S/C17H17ClFN3O/c1-10-2-7-13(8-14(10)18)20-17(23)16-9-15(21-22-16)11-3-5-12(19)6-4-11/h2-8,15-16,21-22H,9H2,1H3,(H,20,23). The summed E-state index contributed by atoms with van der Waals surface area (Å²) in [6.07, 6.45) is 0.580. The van der Waals surface area contributed by atoms with Crippen molar-refractivity contribution in [2.45, 2.75) is 25.4 Å². The number of hydrazine groups is 1. The summed E-state index contributed by atoms with van der Waals surface area (Å²) in [5.74, 6) is -0.410. The van der Waals surface area contributed by atoms with Crippen molar-refractivity contribution in [3.8, 4) is 0 Å². The van der Waals surface area contributed by atoms with Gasteiger partial charge in [-0.3, -0.25) is 4.79 Å². The van der Waals surface area contributed by atoms with E-state index in [0.29, 0.717) is 17.1 Å². The van der Waals surface area contributed by atoms with Crippen LogP contribution in [0.4, 0.5) is 10.1 Å². The van der Waals surface area contributed by atoms with Crippen LogP contribution in [0.1, 0.15) is 23.6 Å². The fraction of sp³-hybridized carbons (Fsp3) is 0.235. The molecule has 1 amide bonds. The Morgan fingerprint density at radius 3 is 2.65 bits per heavy atom. The zero-order chi connectivity index (χ0) is 16.4. The number of halogens is 2. The smallest absolute Gasteiger partial charge is 0.242 e. The lowest BCUT2D eigenvalue weighted by atomic mass is 10.0. The van der Waals surface area contributed by atoms with Gasteiger partial charge < -0.3 is 5.32 Å². The van der Waals surface area contributed by atoms with Crippen molar-refractivity contribution in [2.24, 2.45) is 0 Å². The van der Waals surface area contributed by atoms with Crippen LogP contribution in [-0.4, -0.2) is 11.9 Å². The molecular weight excluding hydrogens is 317 g/mol. The third-order valence-electron chi connectivity index (χ3n) is 3.93. The number of hydrogen-bond acceptors (Lipinski definition) is 3. The van der Waals surface area contributed by atoms with E-state index >= 15 is 0 Å². The highest BCUT2D eigenvalue weighted by Gasteiger charge is 2.30. The van der Waals surface area contributed by atoms with Crippen molar-refractivity contribution in [3.05, 3.63) is 64.4 Å². The molecule has 1 saturated heterocycles. The minimum absolute atomic E-state index is 0.0343. The highest BCUT2D eigenvalue weighted by atomic mass is 35.5. The van der Waals surface area contributed by atoms with Crippen LogP contribution < -0.4 is 16.2 Å². The monoisotopic (exact) mass is 333 g/mol. The van der Waals surface area contributed by atoms with E-state index in [2.05, 4.69) is 16.2 Å². The second kappa shape index (κ2) is 6.66. The van der Waals surface area contributed by atoms with E-state index in [4.69, 9.17) is 11.6 Å². The van der Waals surface area contributed by atoms with Gasteiger partial charge >= 0.3 is 0 Å². The highest BCUT2D eigenvalue weighted by molar-refractivity contribution is 6.31. The molecule has 23 heavy (non-hydrogen) atoms. The summed E-state index contributed by atoms with van der Waals surface area (Å²) in [6.45, 7) is 1.91. The molecule has 1 aliphatic heterocycles. The Bertz CT molecular complexity index is 720. The molecule has 2 unspecified atom stereocenters. The summed E-state index contributed by atoms with van der Waals surface area (Å²) in [7, 11) is 0. The van der Waals surface area contributed by atoms with Crippen LogP contribution in [0.25, 0.3) is 0 Å². The molecule has 1 heterocycles. The molecule has 0 saturated carbocycles. The van der Waals surface area contributed by atoms with Gasteiger partial charge in [0.05, 0.1) is 0 Å². The van der Waals surface area contributed by atoms with Crippen molar-refractivity contribution in [1.29, 1.82) is 0 Å². The second-order valence-electron chi connectivity index (χ2n) is 5.63. The second-order valence-corrected chi connectivity index (χ2v) is 6.04. The fourth-order valence-electron chi connectivity index (χ4n) is 2.54. The molecule has 3 N–H and O–H groups in total.